The van der Waals surface area contributed by atoms with Crippen LogP contribution in [0, 0.1) is 0 Å². The topological polar surface area (TPSA) is 138 Å². The van der Waals surface area contributed by atoms with E-state index in [1.807, 2.05) is 0 Å². The second-order valence-corrected chi connectivity index (χ2v) is 6.25. The molecule has 1 N–H and O–H groups in total. The number of carbonyl (C=O) groups excluding carboxylic acids is 1. The summed E-state index contributed by atoms with van der Waals surface area (Å²) < 4.78 is 12.1. The van der Waals surface area contributed by atoms with Crippen molar-refractivity contribution in [3.8, 4) is 17.2 Å². The number of carbonyl (C=O) groups is 1. The normalized spacial score (nSPS) is 10.8. The monoisotopic (exact) mass is 408 g/mol. The minimum atomic E-state index is -0.710. The van der Waals surface area contributed by atoms with Crippen LogP contribution in [0.15, 0.2) is 67.3 Å². The van der Waals surface area contributed by atoms with Gasteiger partial charge in [-0.2, -0.15) is 14.8 Å². The van der Waals surface area contributed by atoms with E-state index in [9.17, 15) is 14.4 Å². The van der Waals surface area contributed by atoms with Crippen molar-refractivity contribution in [1.29, 1.82) is 0 Å². The number of nitrogens with one attached hydrogen (secondary N) is 1. The third-order valence-electron chi connectivity index (χ3n) is 4.25. The first kappa shape index (κ1) is 19.1. The maximum absolute atomic E-state index is 12.5. The SMILES string of the molecule is Cn1c(=O)c(-c2noc(C(=O)NCCc3ccco3)n2)nn(-c2ccccc2)c1=O. The summed E-state index contributed by atoms with van der Waals surface area (Å²) in [6.45, 7) is 0.295. The van der Waals surface area contributed by atoms with Gasteiger partial charge in [-0.25, -0.2) is 4.79 Å². The van der Waals surface area contributed by atoms with Gasteiger partial charge in [0, 0.05) is 20.0 Å². The van der Waals surface area contributed by atoms with E-state index in [2.05, 4.69) is 20.6 Å². The first-order chi connectivity index (χ1) is 14.5. The van der Waals surface area contributed by atoms with Gasteiger partial charge in [0.05, 0.1) is 12.0 Å². The highest BCUT2D eigenvalue weighted by molar-refractivity contribution is 5.89. The summed E-state index contributed by atoms with van der Waals surface area (Å²) in [6.07, 6.45) is 2.04. The summed E-state index contributed by atoms with van der Waals surface area (Å²) in [4.78, 5) is 41.1. The minimum absolute atomic E-state index is 0.198. The predicted molar refractivity (Wildman–Crippen MR) is 103 cm³/mol. The lowest BCUT2D eigenvalue weighted by Gasteiger charge is -2.07. The molecule has 0 aliphatic rings. The molecule has 3 aromatic heterocycles. The van der Waals surface area contributed by atoms with Gasteiger partial charge in [-0.3, -0.25) is 14.2 Å². The molecule has 0 unspecified atom stereocenters. The van der Waals surface area contributed by atoms with Crippen LogP contribution in [-0.2, 0) is 13.5 Å². The number of rotatable bonds is 6. The van der Waals surface area contributed by atoms with Crippen molar-refractivity contribution in [1.82, 2.24) is 29.8 Å². The zero-order valence-electron chi connectivity index (χ0n) is 15.8. The summed E-state index contributed by atoms with van der Waals surface area (Å²) in [6, 6.07) is 12.1. The summed E-state index contributed by atoms with van der Waals surface area (Å²) in [5, 5.41) is 10.4. The summed E-state index contributed by atoms with van der Waals surface area (Å²) in [5.74, 6) is -0.409. The Morgan fingerprint density at radius 3 is 2.67 bits per heavy atom. The Hall–Kier alpha value is -4.28. The molecule has 0 spiro atoms. The van der Waals surface area contributed by atoms with Crippen molar-refractivity contribution in [3.63, 3.8) is 0 Å². The number of hydrogen-bond donors (Lipinski definition) is 1. The van der Waals surface area contributed by atoms with Gasteiger partial charge in [0.15, 0.2) is 5.69 Å². The molecule has 152 valence electrons. The van der Waals surface area contributed by atoms with Gasteiger partial charge in [-0.05, 0) is 24.3 Å². The number of para-hydroxylation sites is 1. The third kappa shape index (κ3) is 3.68. The number of nitrogens with zero attached hydrogens (tertiary/aromatic N) is 5. The van der Waals surface area contributed by atoms with Gasteiger partial charge in [0.1, 0.15) is 5.76 Å². The number of benzene rings is 1. The molecule has 30 heavy (non-hydrogen) atoms. The fourth-order valence-corrected chi connectivity index (χ4v) is 2.69. The Kier molecular flexibility index (Phi) is 5.08. The maximum Gasteiger partial charge on any atom is 0.351 e. The maximum atomic E-state index is 12.5. The first-order valence-electron chi connectivity index (χ1n) is 8.95. The van der Waals surface area contributed by atoms with Crippen LogP contribution in [0.5, 0.6) is 0 Å². The highest BCUT2D eigenvalue weighted by Crippen LogP contribution is 2.10. The summed E-state index contributed by atoms with van der Waals surface area (Å²) >= 11 is 0. The highest BCUT2D eigenvalue weighted by atomic mass is 16.5. The molecule has 0 atom stereocenters. The fraction of sp³-hybridized carbons (Fsp3) is 0.158. The van der Waals surface area contributed by atoms with Crippen LogP contribution in [0.4, 0.5) is 0 Å². The van der Waals surface area contributed by atoms with Crippen molar-refractivity contribution in [2.75, 3.05) is 6.54 Å². The van der Waals surface area contributed by atoms with E-state index < -0.39 is 17.2 Å². The molecule has 0 radical (unpaired) electrons. The summed E-state index contributed by atoms with van der Waals surface area (Å²) in [7, 11) is 1.32. The average Bonchev–Trinajstić information content (AvgIpc) is 3.45. The Bertz CT molecular complexity index is 1290. The van der Waals surface area contributed by atoms with E-state index in [0.29, 0.717) is 18.7 Å². The number of aromatic nitrogens is 5. The molecule has 4 rings (SSSR count). The molecule has 0 saturated carbocycles. The molecule has 4 aromatic rings. The Labute approximate surface area is 168 Å². The van der Waals surface area contributed by atoms with E-state index in [1.54, 1.807) is 48.7 Å². The number of hydrogen-bond acceptors (Lipinski definition) is 8. The Morgan fingerprint density at radius 2 is 1.93 bits per heavy atom. The van der Waals surface area contributed by atoms with Crippen LogP contribution in [0.25, 0.3) is 17.2 Å². The standard InChI is InChI=1S/C19H16N6O5/c1-24-18(27)14(22-25(19(24)28)12-6-3-2-4-7-12)15-21-17(30-23-15)16(26)20-10-9-13-8-5-11-29-13/h2-8,11H,9-10H2,1H3,(H,20,26). The van der Waals surface area contributed by atoms with Gasteiger partial charge in [-0.15, -0.1) is 0 Å². The van der Waals surface area contributed by atoms with Crippen LogP contribution >= 0.6 is 0 Å². The van der Waals surface area contributed by atoms with Crippen molar-refractivity contribution in [2.45, 2.75) is 6.42 Å². The predicted octanol–water partition coefficient (Wildman–Crippen LogP) is 0.547. The molecule has 1 aromatic carbocycles. The van der Waals surface area contributed by atoms with E-state index in [1.165, 1.54) is 7.05 Å². The third-order valence-corrected chi connectivity index (χ3v) is 4.25. The molecule has 3 heterocycles. The molecular weight excluding hydrogens is 392 g/mol. The van der Waals surface area contributed by atoms with Gasteiger partial charge < -0.3 is 14.3 Å². The molecule has 11 nitrogen and oxygen atoms in total. The van der Waals surface area contributed by atoms with Crippen LogP contribution in [0.3, 0.4) is 0 Å². The second kappa shape index (κ2) is 7.99. The van der Waals surface area contributed by atoms with Crippen LogP contribution in [-0.4, -0.2) is 36.9 Å². The van der Waals surface area contributed by atoms with E-state index in [4.69, 9.17) is 8.94 Å². The molecule has 0 fully saturated rings. The smallest absolute Gasteiger partial charge is 0.351 e. The second-order valence-electron chi connectivity index (χ2n) is 6.25. The van der Waals surface area contributed by atoms with Crippen molar-refractivity contribution in [2.24, 2.45) is 7.05 Å². The molecule has 0 saturated heterocycles. The van der Waals surface area contributed by atoms with Gasteiger partial charge >= 0.3 is 17.5 Å². The number of amides is 1. The summed E-state index contributed by atoms with van der Waals surface area (Å²) in [5.41, 5.74) is -1.11. The highest BCUT2D eigenvalue weighted by Gasteiger charge is 2.21. The Morgan fingerprint density at radius 1 is 1.13 bits per heavy atom. The van der Waals surface area contributed by atoms with Crippen LogP contribution in [0.2, 0.25) is 0 Å². The van der Waals surface area contributed by atoms with Gasteiger partial charge in [-0.1, -0.05) is 23.4 Å². The molecule has 0 bridgehead atoms. The largest absolute Gasteiger partial charge is 0.469 e. The quantitative estimate of drug-likeness (QED) is 0.488. The molecule has 0 aliphatic heterocycles. The molecule has 0 aliphatic carbocycles. The van der Waals surface area contributed by atoms with Crippen molar-refractivity contribution < 1.29 is 13.7 Å². The lowest BCUT2D eigenvalue weighted by atomic mass is 10.3. The molecular formula is C19H16N6O5. The lowest BCUT2D eigenvalue weighted by Crippen LogP contribution is -2.40. The molecule has 1 amide bonds. The van der Waals surface area contributed by atoms with Crippen molar-refractivity contribution in [3.05, 3.63) is 81.2 Å². The van der Waals surface area contributed by atoms with Gasteiger partial charge in [0.2, 0.25) is 5.82 Å². The van der Waals surface area contributed by atoms with E-state index in [-0.39, 0.29) is 17.4 Å². The average molecular weight is 408 g/mol. The van der Waals surface area contributed by atoms with E-state index in [0.717, 1.165) is 15.0 Å². The van der Waals surface area contributed by atoms with Gasteiger partial charge in [0.25, 0.3) is 5.56 Å². The Balaban J connectivity index is 1.60. The van der Waals surface area contributed by atoms with Crippen molar-refractivity contribution >= 4 is 5.91 Å². The van der Waals surface area contributed by atoms with Crippen LogP contribution < -0.4 is 16.6 Å². The number of furan rings is 1. The molecule has 11 heteroatoms. The zero-order valence-corrected chi connectivity index (χ0v) is 15.8. The zero-order chi connectivity index (χ0) is 21.1. The van der Waals surface area contributed by atoms with Crippen LogP contribution in [0.1, 0.15) is 16.4 Å². The first-order valence-corrected chi connectivity index (χ1v) is 8.95. The lowest BCUT2D eigenvalue weighted by molar-refractivity contribution is 0.0910. The van der Waals surface area contributed by atoms with E-state index >= 15 is 0 Å². The fourth-order valence-electron chi connectivity index (χ4n) is 2.69. The minimum Gasteiger partial charge on any atom is -0.469 e.